The first-order valence-electron chi connectivity index (χ1n) is 9.53. The standard InChI is InChI=1S/C20H26N4O2/c1-2-3-15-24-19(25)13-12-17(22-24)20(26)23-14-8-7-11-18(23)21-16-9-5-4-6-10-16/h7-8,11-14,16H,2-6,9-10,15H2,1H3. The zero-order valence-electron chi connectivity index (χ0n) is 15.3. The molecule has 0 aliphatic heterocycles. The van der Waals surface area contributed by atoms with Crippen molar-refractivity contribution >= 4 is 5.91 Å². The van der Waals surface area contributed by atoms with Gasteiger partial charge in [0.15, 0.2) is 0 Å². The highest BCUT2D eigenvalue weighted by Gasteiger charge is 2.15. The Morgan fingerprint density at radius 1 is 1.19 bits per heavy atom. The number of unbranched alkanes of at least 4 members (excludes halogenated alkanes) is 1. The molecule has 1 fully saturated rings. The molecule has 6 nitrogen and oxygen atoms in total. The fourth-order valence-electron chi connectivity index (χ4n) is 3.26. The fourth-order valence-corrected chi connectivity index (χ4v) is 3.26. The molecule has 2 heterocycles. The first-order chi connectivity index (χ1) is 12.7. The molecule has 0 radical (unpaired) electrons. The lowest BCUT2D eigenvalue weighted by atomic mass is 9.96. The number of aromatic nitrogens is 3. The van der Waals surface area contributed by atoms with Crippen molar-refractivity contribution in [3.63, 3.8) is 0 Å². The van der Waals surface area contributed by atoms with Gasteiger partial charge in [-0.2, -0.15) is 5.10 Å². The van der Waals surface area contributed by atoms with E-state index in [2.05, 4.69) is 12.0 Å². The van der Waals surface area contributed by atoms with Gasteiger partial charge in [-0.15, -0.1) is 0 Å². The van der Waals surface area contributed by atoms with Gasteiger partial charge in [-0.05, 0) is 37.5 Å². The number of rotatable bonds is 5. The third-order valence-corrected chi connectivity index (χ3v) is 4.76. The second-order valence-corrected chi connectivity index (χ2v) is 6.79. The third kappa shape index (κ3) is 4.36. The molecule has 2 aromatic heterocycles. The summed E-state index contributed by atoms with van der Waals surface area (Å²) in [4.78, 5) is 29.7. The molecule has 1 aliphatic carbocycles. The van der Waals surface area contributed by atoms with Gasteiger partial charge in [-0.25, -0.2) is 4.68 Å². The monoisotopic (exact) mass is 354 g/mol. The molecule has 2 aromatic rings. The Morgan fingerprint density at radius 3 is 2.77 bits per heavy atom. The van der Waals surface area contributed by atoms with Crippen molar-refractivity contribution in [1.29, 1.82) is 0 Å². The first kappa shape index (κ1) is 18.3. The Kier molecular flexibility index (Phi) is 6.15. The van der Waals surface area contributed by atoms with Gasteiger partial charge in [0.2, 0.25) is 0 Å². The Labute approximate surface area is 153 Å². The normalized spacial score (nSPS) is 16.0. The Morgan fingerprint density at radius 2 is 2.00 bits per heavy atom. The summed E-state index contributed by atoms with van der Waals surface area (Å²) in [6.07, 6.45) is 9.33. The van der Waals surface area contributed by atoms with E-state index in [4.69, 9.17) is 4.99 Å². The lowest BCUT2D eigenvalue weighted by molar-refractivity contribution is 0.0946. The van der Waals surface area contributed by atoms with Gasteiger partial charge in [0.25, 0.3) is 11.5 Å². The van der Waals surface area contributed by atoms with E-state index in [1.165, 1.54) is 40.6 Å². The van der Waals surface area contributed by atoms with Crippen molar-refractivity contribution in [2.45, 2.75) is 64.5 Å². The SMILES string of the molecule is CCCCn1nc(C(=O)n2ccccc2=NC2CCCCC2)ccc1=O. The van der Waals surface area contributed by atoms with Crippen LogP contribution in [0.3, 0.4) is 0 Å². The zero-order chi connectivity index (χ0) is 18.4. The topological polar surface area (TPSA) is 69.2 Å². The van der Waals surface area contributed by atoms with Crippen LogP contribution >= 0.6 is 0 Å². The van der Waals surface area contributed by atoms with Crippen LogP contribution in [0.15, 0.2) is 46.3 Å². The van der Waals surface area contributed by atoms with Crippen LogP contribution in [0.2, 0.25) is 0 Å². The molecule has 0 bridgehead atoms. The molecule has 0 aromatic carbocycles. The molecular weight excluding hydrogens is 328 g/mol. The lowest BCUT2D eigenvalue weighted by Gasteiger charge is -2.17. The van der Waals surface area contributed by atoms with Gasteiger partial charge in [0.1, 0.15) is 11.2 Å². The van der Waals surface area contributed by atoms with Crippen LogP contribution in [0.1, 0.15) is 62.4 Å². The summed E-state index contributed by atoms with van der Waals surface area (Å²) in [5, 5.41) is 4.27. The van der Waals surface area contributed by atoms with Crippen LogP contribution in [0.25, 0.3) is 0 Å². The predicted octanol–water partition coefficient (Wildman–Crippen LogP) is 2.77. The summed E-state index contributed by atoms with van der Waals surface area (Å²) in [6, 6.07) is 8.75. The predicted molar refractivity (Wildman–Crippen MR) is 100 cm³/mol. The molecule has 6 heteroatoms. The first-order valence-corrected chi connectivity index (χ1v) is 9.53. The van der Waals surface area contributed by atoms with E-state index in [0.717, 1.165) is 25.7 Å². The quantitative estimate of drug-likeness (QED) is 0.829. The molecule has 1 aliphatic rings. The number of nitrogens with zero attached hydrogens (tertiary/aromatic N) is 4. The van der Waals surface area contributed by atoms with Crippen molar-refractivity contribution in [3.05, 3.63) is 58.1 Å². The highest BCUT2D eigenvalue weighted by Crippen LogP contribution is 2.19. The van der Waals surface area contributed by atoms with Crippen LogP contribution in [0.5, 0.6) is 0 Å². The third-order valence-electron chi connectivity index (χ3n) is 4.76. The summed E-state index contributed by atoms with van der Waals surface area (Å²) in [5.41, 5.74) is 0.731. The number of aryl methyl sites for hydroxylation is 1. The molecule has 138 valence electrons. The van der Waals surface area contributed by atoms with Crippen molar-refractivity contribution in [2.24, 2.45) is 4.99 Å². The fraction of sp³-hybridized carbons (Fsp3) is 0.500. The number of carbonyl (C=O) groups excluding carboxylic acids is 1. The molecule has 3 rings (SSSR count). The molecule has 26 heavy (non-hydrogen) atoms. The van der Waals surface area contributed by atoms with Crippen LogP contribution < -0.4 is 11.0 Å². The Balaban J connectivity index is 1.93. The minimum Gasteiger partial charge on any atom is -0.268 e. The van der Waals surface area contributed by atoms with Crippen LogP contribution in [0.4, 0.5) is 0 Å². The van der Waals surface area contributed by atoms with E-state index < -0.39 is 0 Å². The van der Waals surface area contributed by atoms with E-state index in [1.54, 1.807) is 6.20 Å². The van der Waals surface area contributed by atoms with Crippen molar-refractivity contribution in [2.75, 3.05) is 0 Å². The number of pyridine rings is 1. The Bertz CT molecular complexity index is 876. The van der Waals surface area contributed by atoms with E-state index in [9.17, 15) is 9.59 Å². The van der Waals surface area contributed by atoms with E-state index >= 15 is 0 Å². The molecule has 0 atom stereocenters. The van der Waals surface area contributed by atoms with Gasteiger partial charge in [0, 0.05) is 18.8 Å². The number of carbonyl (C=O) groups is 1. The maximum atomic E-state index is 13.0. The molecule has 0 amide bonds. The summed E-state index contributed by atoms with van der Waals surface area (Å²) < 4.78 is 2.91. The summed E-state index contributed by atoms with van der Waals surface area (Å²) in [7, 11) is 0. The second-order valence-electron chi connectivity index (χ2n) is 6.79. The van der Waals surface area contributed by atoms with Gasteiger partial charge in [-0.3, -0.25) is 19.1 Å². The maximum absolute atomic E-state index is 13.0. The average Bonchev–Trinajstić information content (AvgIpc) is 2.68. The molecular formula is C20H26N4O2. The largest absolute Gasteiger partial charge is 0.283 e. The van der Waals surface area contributed by atoms with E-state index in [0.29, 0.717) is 12.0 Å². The summed E-state index contributed by atoms with van der Waals surface area (Å²) in [6.45, 7) is 2.58. The minimum absolute atomic E-state index is 0.180. The number of hydrogen-bond acceptors (Lipinski definition) is 4. The van der Waals surface area contributed by atoms with E-state index in [1.807, 2.05) is 18.2 Å². The lowest BCUT2D eigenvalue weighted by Crippen LogP contribution is -2.32. The van der Waals surface area contributed by atoms with Crippen molar-refractivity contribution in [1.82, 2.24) is 14.3 Å². The van der Waals surface area contributed by atoms with E-state index in [-0.39, 0.29) is 23.2 Å². The highest BCUT2D eigenvalue weighted by atomic mass is 16.2. The van der Waals surface area contributed by atoms with Gasteiger partial charge in [-0.1, -0.05) is 38.7 Å². The minimum atomic E-state index is -0.259. The van der Waals surface area contributed by atoms with Crippen LogP contribution in [-0.4, -0.2) is 26.3 Å². The Hall–Kier alpha value is -2.50. The van der Waals surface area contributed by atoms with Gasteiger partial charge < -0.3 is 0 Å². The van der Waals surface area contributed by atoms with Gasteiger partial charge in [0.05, 0.1) is 6.04 Å². The molecule has 0 spiro atoms. The zero-order valence-corrected chi connectivity index (χ0v) is 15.3. The van der Waals surface area contributed by atoms with Crippen LogP contribution in [-0.2, 0) is 6.54 Å². The molecule has 1 saturated carbocycles. The van der Waals surface area contributed by atoms with Crippen LogP contribution in [0, 0.1) is 0 Å². The molecule has 0 unspecified atom stereocenters. The highest BCUT2D eigenvalue weighted by molar-refractivity contribution is 5.93. The van der Waals surface area contributed by atoms with Gasteiger partial charge >= 0.3 is 0 Å². The summed E-state index contributed by atoms with van der Waals surface area (Å²) >= 11 is 0. The summed E-state index contributed by atoms with van der Waals surface area (Å²) in [5.74, 6) is -0.259. The average molecular weight is 354 g/mol. The number of hydrogen-bond donors (Lipinski definition) is 0. The van der Waals surface area contributed by atoms with Crippen molar-refractivity contribution in [3.8, 4) is 0 Å². The molecule has 0 saturated heterocycles. The smallest absolute Gasteiger partial charge is 0.268 e. The second kappa shape index (κ2) is 8.74. The van der Waals surface area contributed by atoms with Crippen molar-refractivity contribution < 1.29 is 4.79 Å². The molecule has 0 N–H and O–H groups in total. The maximum Gasteiger partial charge on any atom is 0.283 e.